The molecule has 0 bridgehead atoms. The van der Waals surface area contributed by atoms with Crippen molar-refractivity contribution in [3.8, 4) is 5.75 Å². The van der Waals surface area contributed by atoms with E-state index in [1.807, 2.05) is 68.4 Å². The highest BCUT2D eigenvalue weighted by molar-refractivity contribution is 5.95. The molecule has 27 heavy (non-hydrogen) atoms. The fourth-order valence-corrected chi connectivity index (χ4v) is 2.63. The van der Waals surface area contributed by atoms with Crippen molar-refractivity contribution >= 4 is 12.1 Å². The summed E-state index contributed by atoms with van der Waals surface area (Å²) in [6.07, 6.45) is 1.66. The lowest BCUT2D eigenvalue weighted by atomic mass is 10.1. The van der Waals surface area contributed by atoms with Gasteiger partial charge in [0.05, 0.1) is 6.21 Å². The Hall–Kier alpha value is -3.40. The van der Waals surface area contributed by atoms with E-state index in [1.165, 1.54) is 5.56 Å². The number of nitrogens with one attached hydrogen (secondary N) is 1. The van der Waals surface area contributed by atoms with E-state index in [0.717, 1.165) is 22.4 Å². The zero-order valence-corrected chi connectivity index (χ0v) is 15.5. The van der Waals surface area contributed by atoms with E-state index < -0.39 is 0 Å². The normalized spacial score (nSPS) is 10.7. The highest BCUT2D eigenvalue weighted by Crippen LogP contribution is 2.12. The quantitative estimate of drug-likeness (QED) is 0.515. The lowest BCUT2D eigenvalue weighted by molar-refractivity contribution is 0.0955. The SMILES string of the molecule is Cc1ccc(/C=N\NC(=O)c2ccc(COc3ccccc3)cc2)c(C)c1. The smallest absolute Gasteiger partial charge is 0.271 e. The first kappa shape index (κ1) is 18.4. The lowest BCUT2D eigenvalue weighted by Gasteiger charge is -2.07. The molecule has 136 valence electrons. The molecule has 0 saturated carbocycles. The van der Waals surface area contributed by atoms with Crippen molar-refractivity contribution < 1.29 is 9.53 Å². The molecule has 4 nitrogen and oxygen atoms in total. The molecule has 3 aromatic carbocycles. The van der Waals surface area contributed by atoms with Gasteiger partial charge in [0.1, 0.15) is 12.4 Å². The standard InChI is InChI=1S/C23H22N2O2/c1-17-8-11-21(18(2)14-17)15-24-25-23(26)20-12-9-19(10-13-20)16-27-22-6-4-3-5-7-22/h3-15H,16H2,1-2H3,(H,25,26)/b24-15-. The fourth-order valence-electron chi connectivity index (χ4n) is 2.63. The van der Waals surface area contributed by atoms with Gasteiger partial charge in [0, 0.05) is 5.56 Å². The molecular weight excluding hydrogens is 336 g/mol. The number of para-hydroxylation sites is 1. The zero-order valence-electron chi connectivity index (χ0n) is 15.5. The van der Waals surface area contributed by atoms with Crippen molar-refractivity contribution in [3.63, 3.8) is 0 Å². The van der Waals surface area contributed by atoms with Gasteiger partial charge >= 0.3 is 0 Å². The Bertz CT molecular complexity index is 932. The van der Waals surface area contributed by atoms with Crippen molar-refractivity contribution in [2.75, 3.05) is 0 Å². The number of ether oxygens (including phenoxy) is 1. The van der Waals surface area contributed by atoms with Crippen LogP contribution in [0.15, 0.2) is 77.9 Å². The molecule has 1 N–H and O–H groups in total. The molecule has 0 aliphatic rings. The molecule has 0 radical (unpaired) electrons. The van der Waals surface area contributed by atoms with Gasteiger partial charge in [0.15, 0.2) is 0 Å². The summed E-state index contributed by atoms with van der Waals surface area (Å²) in [6, 6.07) is 23.0. The molecule has 0 spiro atoms. The second kappa shape index (κ2) is 8.81. The van der Waals surface area contributed by atoms with Crippen molar-refractivity contribution in [1.29, 1.82) is 0 Å². The maximum absolute atomic E-state index is 12.2. The lowest BCUT2D eigenvalue weighted by Crippen LogP contribution is -2.17. The third-order valence-corrected chi connectivity index (χ3v) is 4.16. The van der Waals surface area contributed by atoms with Crippen LogP contribution in [0.25, 0.3) is 0 Å². The Morgan fingerprint density at radius 2 is 1.74 bits per heavy atom. The average molecular weight is 358 g/mol. The van der Waals surface area contributed by atoms with Crippen LogP contribution in [0.3, 0.4) is 0 Å². The van der Waals surface area contributed by atoms with E-state index in [0.29, 0.717) is 12.2 Å². The minimum absolute atomic E-state index is 0.244. The highest BCUT2D eigenvalue weighted by Gasteiger charge is 2.04. The topological polar surface area (TPSA) is 50.7 Å². The van der Waals surface area contributed by atoms with Gasteiger partial charge < -0.3 is 4.74 Å². The second-order valence-electron chi connectivity index (χ2n) is 6.36. The van der Waals surface area contributed by atoms with Gasteiger partial charge in [-0.15, -0.1) is 0 Å². The van der Waals surface area contributed by atoms with E-state index in [-0.39, 0.29) is 5.91 Å². The molecule has 1 amide bonds. The van der Waals surface area contributed by atoms with Crippen LogP contribution in [0.5, 0.6) is 5.75 Å². The predicted octanol–water partition coefficient (Wildman–Crippen LogP) is 4.65. The van der Waals surface area contributed by atoms with Crippen LogP contribution in [0.1, 0.15) is 32.6 Å². The number of carbonyl (C=O) groups excluding carboxylic acids is 1. The number of rotatable bonds is 6. The molecule has 0 aliphatic carbocycles. The Morgan fingerprint density at radius 3 is 2.44 bits per heavy atom. The number of benzene rings is 3. The van der Waals surface area contributed by atoms with E-state index in [4.69, 9.17) is 4.74 Å². The van der Waals surface area contributed by atoms with Gasteiger partial charge in [-0.05, 0) is 54.8 Å². The zero-order chi connectivity index (χ0) is 19.1. The largest absolute Gasteiger partial charge is 0.489 e. The summed E-state index contributed by atoms with van der Waals surface area (Å²) in [5.74, 6) is 0.576. The molecule has 0 aromatic heterocycles. The van der Waals surface area contributed by atoms with Crippen molar-refractivity contribution in [3.05, 3.63) is 101 Å². The maximum Gasteiger partial charge on any atom is 0.271 e. The summed E-state index contributed by atoms with van der Waals surface area (Å²) < 4.78 is 5.70. The summed E-state index contributed by atoms with van der Waals surface area (Å²) in [7, 11) is 0. The van der Waals surface area contributed by atoms with E-state index in [9.17, 15) is 4.79 Å². The third kappa shape index (κ3) is 5.28. The van der Waals surface area contributed by atoms with Crippen LogP contribution in [-0.4, -0.2) is 12.1 Å². The van der Waals surface area contributed by atoms with Crippen molar-refractivity contribution in [2.45, 2.75) is 20.5 Å². The van der Waals surface area contributed by atoms with Gasteiger partial charge in [-0.1, -0.05) is 54.1 Å². The van der Waals surface area contributed by atoms with Crippen LogP contribution < -0.4 is 10.2 Å². The minimum Gasteiger partial charge on any atom is -0.489 e. The van der Waals surface area contributed by atoms with Crippen molar-refractivity contribution in [1.82, 2.24) is 5.43 Å². The molecule has 0 atom stereocenters. The Balaban J connectivity index is 1.54. The predicted molar refractivity (Wildman–Crippen MR) is 108 cm³/mol. The molecule has 3 aromatic rings. The molecule has 0 heterocycles. The van der Waals surface area contributed by atoms with Gasteiger partial charge in [0.25, 0.3) is 5.91 Å². The Kier molecular flexibility index (Phi) is 6.00. The average Bonchev–Trinajstić information content (AvgIpc) is 2.69. The van der Waals surface area contributed by atoms with Gasteiger partial charge in [-0.25, -0.2) is 5.43 Å². The summed E-state index contributed by atoms with van der Waals surface area (Å²) in [5, 5.41) is 4.06. The summed E-state index contributed by atoms with van der Waals surface area (Å²) in [4.78, 5) is 12.2. The van der Waals surface area contributed by atoms with Crippen LogP contribution in [0.2, 0.25) is 0 Å². The first-order valence-electron chi connectivity index (χ1n) is 8.79. The summed E-state index contributed by atoms with van der Waals surface area (Å²) >= 11 is 0. The minimum atomic E-state index is -0.244. The first-order valence-corrected chi connectivity index (χ1v) is 8.79. The van der Waals surface area contributed by atoms with Crippen LogP contribution in [-0.2, 0) is 6.61 Å². The van der Waals surface area contributed by atoms with Crippen LogP contribution in [0, 0.1) is 13.8 Å². The molecular formula is C23H22N2O2. The molecule has 0 unspecified atom stereocenters. The van der Waals surface area contributed by atoms with Gasteiger partial charge in [0.2, 0.25) is 0 Å². The monoisotopic (exact) mass is 358 g/mol. The van der Waals surface area contributed by atoms with Gasteiger partial charge in [-0.3, -0.25) is 4.79 Å². The third-order valence-electron chi connectivity index (χ3n) is 4.16. The number of aryl methyl sites for hydroxylation is 2. The second-order valence-corrected chi connectivity index (χ2v) is 6.36. The number of hydrogen-bond donors (Lipinski definition) is 1. The van der Waals surface area contributed by atoms with Crippen molar-refractivity contribution in [2.24, 2.45) is 5.10 Å². The number of nitrogens with zero attached hydrogens (tertiary/aromatic N) is 1. The van der Waals surface area contributed by atoms with E-state index in [2.05, 4.69) is 16.6 Å². The van der Waals surface area contributed by atoms with E-state index >= 15 is 0 Å². The molecule has 0 fully saturated rings. The molecule has 0 saturated heterocycles. The molecule has 4 heteroatoms. The number of amides is 1. The van der Waals surface area contributed by atoms with Crippen LogP contribution in [0.4, 0.5) is 0 Å². The maximum atomic E-state index is 12.2. The number of hydrazone groups is 1. The molecule has 0 aliphatic heterocycles. The van der Waals surface area contributed by atoms with Crippen LogP contribution >= 0.6 is 0 Å². The molecule has 3 rings (SSSR count). The fraction of sp³-hybridized carbons (Fsp3) is 0.130. The van der Waals surface area contributed by atoms with Gasteiger partial charge in [-0.2, -0.15) is 5.10 Å². The Morgan fingerprint density at radius 1 is 1.00 bits per heavy atom. The first-order chi connectivity index (χ1) is 13.1. The Labute approximate surface area is 159 Å². The summed E-state index contributed by atoms with van der Waals surface area (Å²) in [5.41, 5.74) is 7.41. The number of carbonyl (C=O) groups is 1. The van der Waals surface area contributed by atoms with E-state index in [1.54, 1.807) is 18.3 Å². The highest BCUT2D eigenvalue weighted by atomic mass is 16.5. The number of hydrogen-bond acceptors (Lipinski definition) is 3. The summed E-state index contributed by atoms with van der Waals surface area (Å²) in [6.45, 7) is 4.52.